The number of carbonyl (C=O) groups is 1. The van der Waals surface area contributed by atoms with Crippen LogP contribution in [0.15, 0.2) is 47.5 Å². The van der Waals surface area contributed by atoms with Crippen molar-refractivity contribution in [2.45, 2.75) is 18.1 Å². The zero-order valence-corrected chi connectivity index (χ0v) is 17.1. The number of ether oxygens (including phenoxy) is 1. The monoisotopic (exact) mass is 445 g/mol. The fourth-order valence-electron chi connectivity index (χ4n) is 3.92. The van der Waals surface area contributed by atoms with Gasteiger partial charge in [-0.25, -0.2) is 18.2 Å². The number of amides is 1. The SMILES string of the molecule is N#Cc1cc([C@]23COC(CF)C[C@H]2CSC(NC(=O)c2ccccc2)=N3)c(F)cc1F. The molecule has 0 aromatic heterocycles. The lowest BCUT2D eigenvalue weighted by atomic mass is 9.74. The molecule has 2 aromatic carbocycles. The van der Waals surface area contributed by atoms with Crippen molar-refractivity contribution < 1.29 is 22.7 Å². The quantitative estimate of drug-likeness (QED) is 0.777. The third-order valence-electron chi connectivity index (χ3n) is 5.56. The van der Waals surface area contributed by atoms with E-state index in [1.165, 1.54) is 11.8 Å². The molecule has 2 aliphatic rings. The minimum absolute atomic E-state index is 0.000446. The minimum atomic E-state index is -1.31. The van der Waals surface area contributed by atoms with E-state index in [-0.39, 0.29) is 41.1 Å². The number of hydrogen-bond donors (Lipinski definition) is 1. The molecule has 1 fully saturated rings. The van der Waals surface area contributed by atoms with Crippen LogP contribution in [0.1, 0.15) is 27.9 Å². The first-order valence-electron chi connectivity index (χ1n) is 9.63. The van der Waals surface area contributed by atoms with Crippen molar-refractivity contribution in [1.82, 2.24) is 5.32 Å². The molecule has 0 spiro atoms. The van der Waals surface area contributed by atoms with Gasteiger partial charge in [0, 0.05) is 28.9 Å². The summed E-state index contributed by atoms with van der Waals surface area (Å²) in [6.45, 7) is -0.834. The van der Waals surface area contributed by atoms with Crippen LogP contribution in [0.2, 0.25) is 0 Å². The van der Waals surface area contributed by atoms with E-state index in [1.807, 2.05) is 0 Å². The molecule has 2 heterocycles. The summed E-state index contributed by atoms with van der Waals surface area (Å²) in [6.07, 6.45) is -0.362. The van der Waals surface area contributed by atoms with Crippen LogP contribution in [-0.4, -0.2) is 36.2 Å². The molecule has 0 aliphatic carbocycles. The van der Waals surface area contributed by atoms with Crippen molar-refractivity contribution in [3.05, 3.63) is 70.8 Å². The number of alkyl halides is 1. The van der Waals surface area contributed by atoms with Crippen molar-refractivity contribution in [2.75, 3.05) is 19.0 Å². The zero-order valence-electron chi connectivity index (χ0n) is 16.3. The Hall–Kier alpha value is -2.83. The predicted octanol–water partition coefficient (Wildman–Crippen LogP) is 3.94. The summed E-state index contributed by atoms with van der Waals surface area (Å²) in [4.78, 5) is 17.2. The minimum Gasteiger partial charge on any atom is -0.373 e. The lowest BCUT2D eigenvalue weighted by Gasteiger charge is -2.46. The number of hydrogen-bond acceptors (Lipinski definition) is 5. The van der Waals surface area contributed by atoms with E-state index in [1.54, 1.807) is 36.4 Å². The second-order valence-electron chi connectivity index (χ2n) is 7.42. The van der Waals surface area contributed by atoms with E-state index in [0.717, 1.165) is 6.07 Å². The van der Waals surface area contributed by atoms with Crippen LogP contribution >= 0.6 is 11.8 Å². The maximum atomic E-state index is 14.9. The van der Waals surface area contributed by atoms with Crippen LogP contribution in [0.5, 0.6) is 0 Å². The standard InChI is InChI=1S/C22H18F3N3O2S/c23-9-16-7-15-11-31-21(27-20(29)13-4-2-1-3-5-13)28-22(15,12-30-16)17-6-14(10-26)18(24)8-19(17)25/h1-6,8,15-16H,7,9,11-12H2,(H,27,28,29)/t15-,16?,22-/m0/s1. The van der Waals surface area contributed by atoms with Crippen molar-refractivity contribution in [3.63, 3.8) is 0 Å². The Morgan fingerprint density at radius 2 is 2.06 bits per heavy atom. The number of nitrogens with one attached hydrogen (secondary N) is 1. The number of carbonyl (C=O) groups excluding carboxylic acids is 1. The maximum absolute atomic E-state index is 14.9. The molecule has 1 unspecified atom stereocenters. The molecular weight excluding hydrogens is 427 g/mol. The average molecular weight is 445 g/mol. The number of thioether (sulfide) groups is 1. The fraction of sp³-hybridized carbons (Fsp3) is 0.318. The topological polar surface area (TPSA) is 74.5 Å². The number of rotatable bonds is 3. The summed E-state index contributed by atoms with van der Waals surface area (Å²) in [5.74, 6) is -2.12. The molecule has 31 heavy (non-hydrogen) atoms. The maximum Gasteiger partial charge on any atom is 0.257 e. The lowest BCUT2D eigenvalue weighted by molar-refractivity contribution is -0.0653. The molecule has 1 saturated heterocycles. The number of nitrogens with zero attached hydrogens (tertiary/aromatic N) is 2. The molecule has 0 radical (unpaired) electrons. The summed E-state index contributed by atoms with van der Waals surface area (Å²) in [5, 5.41) is 12.2. The highest BCUT2D eigenvalue weighted by atomic mass is 32.2. The highest BCUT2D eigenvalue weighted by Gasteiger charge is 2.50. The molecule has 0 saturated carbocycles. The van der Waals surface area contributed by atoms with Gasteiger partial charge in [0.2, 0.25) is 0 Å². The highest BCUT2D eigenvalue weighted by molar-refractivity contribution is 8.13. The van der Waals surface area contributed by atoms with Gasteiger partial charge in [0.15, 0.2) is 5.17 Å². The molecule has 2 aromatic rings. The van der Waals surface area contributed by atoms with Crippen molar-refractivity contribution >= 4 is 22.8 Å². The lowest BCUT2D eigenvalue weighted by Crippen LogP contribution is -2.51. The summed E-state index contributed by atoms with van der Waals surface area (Å²) in [6, 6.07) is 12.0. The Balaban J connectivity index is 1.76. The van der Waals surface area contributed by atoms with Gasteiger partial charge in [-0.2, -0.15) is 5.26 Å². The molecule has 1 amide bonds. The van der Waals surface area contributed by atoms with Gasteiger partial charge in [0.05, 0.1) is 18.3 Å². The molecule has 0 bridgehead atoms. The van der Waals surface area contributed by atoms with Gasteiger partial charge in [0.25, 0.3) is 5.91 Å². The molecule has 5 nitrogen and oxygen atoms in total. The molecule has 2 aliphatic heterocycles. The first-order chi connectivity index (χ1) is 15.0. The van der Waals surface area contributed by atoms with E-state index in [2.05, 4.69) is 10.3 Å². The van der Waals surface area contributed by atoms with Crippen LogP contribution in [0, 0.1) is 28.9 Å². The van der Waals surface area contributed by atoms with Gasteiger partial charge >= 0.3 is 0 Å². The number of benzene rings is 2. The summed E-state index contributed by atoms with van der Waals surface area (Å²) < 4.78 is 47.7. The van der Waals surface area contributed by atoms with E-state index in [9.17, 15) is 23.2 Å². The van der Waals surface area contributed by atoms with Crippen molar-refractivity contribution in [3.8, 4) is 6.07 Å². The van der Waals surface area contributed by atoms with Crippen LogP contribution in [0.3, 0.4) is 0 Å². The third-order valence-corrected chi connectivity index (χ3v) is 6.59. The normalized spacial score (nSPS) is 25.2. The van der Waals surface area contributed by atoms with E-state index >= 15 is 0 Å². The predicted molar refractivity (Wildman–Crippen MR) is 110 cm³/mol. The molecule has 9 heteroatoms. The van der Waals surface area contributed by atoms with Crippen LogP contribution in [0.25, 0.3) is 0 Å². The molecule has 1 N–H and O–H groups in total. The second-order valence-corrected chi connectivity index (χ2v) is 8.42. The first-order valence-corrected chi connectivity index (χ1v) is 10.6. The Morgan fingerprint density at radius 1 is 1.29 bits per heavy atom. The van der Waals surface area contributed by atoms with E-state index in [4.69, 9.17) is 4.74 Å². The van der Waals surface area contributed by atoms with Crippen molar-refractivity contribution in [1.29, 1.82) is 5.26 Å². The number of halogens is 3. The Kier molecular flexibility index (Phi) is 6.03. The third kappa shape index (κ3) is 4.05. The summed E-state index contributed by atoms with van der Waals surface area (Å²) in [7, 11) is 0. The largest absolute Gasteiger partial charge is 0.373 e. The highest BCUT2D eigenvalue weighted by Crippen LogP contribution is 2.47. The van der Waals surface area contributed by atoms with Gasteiger partial charge in [-0.3, -0.25) is 4.79 Å². The smallest absolute Gasteiger partial charge is 0.257 e. The number of amidine groups is 1. The second kappa shape index (κ2) is 8.73. The van der Waals surface area contributed by atoms with Crippen molar-refractivity contribution in [2.24, 2.45) is 10.9 Å². The summed E-state index contributed by atoms with van der Waals surface area (Å²) in [5.41, 5.74) is -1.20. The molecular formula is C22H18F3N3O2S. The van der Waals surface area contributed by atoms with Gasteiger partial charge in [-0.1, -0.05) is 30.0 Å². The first kappa shape index (κ1) is 21.4. The van der Waals surface area contributed by atoms with Gasteiger partial charge in [-0.15, -0.1) is 0 Å². The Labute approximate surface area is 181 Å². The van der Waals surface area contributed by atoms with E-state index in [0.29, 0.717) is 17.4 Å². The van der Waals surface area contributed by atoms with Gasteiger partial charge in [-0.05, 0) is 24.6 Å². The summed E-state index contributed by atoms with van der Waals surface area (Å²) >= 11 is 1.28. The van der Waals surface area contributed by atoms with Crippen LogP contribution in [0.4, 0.5) is 13.2 Å². The van der Waals surface area contributed by atoms with Gasteiger partial charge < -0.3 is 10.1 Å². The fourth-order valence-corrected chi connectivity index (χ4v) is 5.08. The molecule has 160 valence electrons. The Bertz CT molecular complexity index is 1070. The Morgan fingerprint density at radius 3 is 2.77 bits per heavy atom. The number of nitriles is 1. The number of aliphatic imine (C=N–C) groups is 1. The van der Waals surface area contributed by atoms with E-state index < -0.39 is 30.0 Å². The van der Waals surface area contributed by atoms with Crippen LogP contribution < -0.4 is 5.32 Å². The molecule has 3 atom stereocenters. The number of fused-ring (bicyclic) bond motifs is 1. The molecule has 4 rings (SSSR count). The van der Waals surface area contributed by atoms with Crippen LogP contribution in [-0.2, 0) is 10.3 Å². The average Bonchev–Trinajstić information content (AvgIpc) is 2.79. The van der Waals surface area contributed by atoms with Gasteiger partial charge in [0.1, 0.15) is 29.9 Å². The zero-order chi connectivity index (χ0) is 22.0.